The maximum Gasteiger partial charge on any atom is 0.250 e. The van der Waals surface area contributed by atoms with Gasteiger partial charge in [0.05, 0.1) is 18.0 Å². The molecule has 2 aromatic heterocycles. The average Bonchev–Trinajstić information content (AvgIpc) is 2.90. The fraction of sp³-hybridized carbons (Fsp3) is 0.579. The van der Waals surface area contributed by atoms with E-state index >= 15 is 0 Å². The maximum atomic E-state index is 12.2. The summed E-state index contributed by atoms with van der Waals surface area (Å²) in [7, 11) is -1.82. The van der Waals surface area contributed by atoms with Crippen molar-refractivity contribution >= 4 is 14.1 Å². The van der Waals surface area contributed by atoms with E-state index in [1.807, 2.05) is 6.07 Å². The molecule has 26 heavy (non-hydrogen) atoms. The van der Waals surface area contributed by atoms with Gasteiger partial charge in [0.25, 0.3) is 5.56 Å². The first-order valence-corrected chi connectivity index (χ1v) is 12.0. The number of anilines is 1. The lowest BCUT2D eigenvalue weighted by molar-refractivity contribution is 0.270. The molecule has 2 rings (SSSR count). The Hall–Kier alpha value is -1.86. The predicted octanol–water partition coefficient (Wildman–Crippen LogP) is 3.76. The van der Waals surface area contributed by atoms with Gasteiger partial charge in [-0.15, -0.1) is 0 Å². The standard InChI is InChI=1S/C19H32N4O2Si/c1-14(2)16-12-17(20)23(21-16)15-8-9-18(24)22(13-15)10-11-25-26(6,7)19(3,4)5/h8-9,12-14H,10-11,20H2,1-7H3. The summed E-state index contributed by atoms with van der Waals surface area (Å²) >= 11 is 0. The molecule has 0 saturated carbocycles. The lowest BCUT2D eigenvalue weighted by Gasteiger charge is -2.36. The number of aromatic nitrogens is 3. The van der Waals surface area contributed by atoms with Crippen molar-refractivity contribution in [3.63, 3.8) is 0 Å². The van der Waals surface area contributed by atoms with Crippen LogP contribution in [0.15, 0.2) is 29.2 Å². The zero-order valence-electron chi connectivity index (χ0n) is 17.0. The molecule has 0 atom stereocenters. The molecule has 0 amide bonds. The number of rotatable bonds is 6. The molecular weight excluding hydrogens is 344 g/mol. The van der Waals surface area contributed by atoms with Gasteiger partial charge in [0, 0.05) is 24.9 Å². The van der Waals surface area contributed by atoms with Gasteiger partial charge < -0.3 is 14.7 Å². The van der Waals surface area contributed by atoms with E-state index in [9.17, 15) is 4.79 Å². The molecule has 7 heteroatoms. The third kappa shape index (κ3) is 4.45. The molecular formula is C19H32N4O2Si. The van der Waals surface area contributed by atoms with Gasteiger partial charge in [0.2, 0.25) is 0 Å². The topological polar surface area (TPSA) is 75.1 Å². The lowest BCUT2D eigenvalue weighted by atomic mass is 10.1. The van der Waals surface area contributed by atoms with Crippen molar-refractivity contribution in [3.05, 3.63) is 40.4 Å². The monoisotopic (exact) mass is 376 g/mol. The Kier molecular flexibility index (Phi) is 5.82. The molecule has 0 fully saturated rings. The third-order valence-corrected chi connectivity index (χ3v) is 9.70. The minimum Gasteiger partial charge on any atom is -0.415 e. The fourth-order valence-corrected chi connectivity index (χ4v) is 3.37. The van der Waals surface area contributed by atoms with Crippen LogP contribution >= 0.6 is 0 Å². The second-order valence-corrected chi connectivity index (χ2v) is 13.4. The summed E-state index contributed by atoms with van der Waals surface area (Å²) in [5.41, 5.74) is 7.76. The van der Waals surface area contributed by atoms with E-state index in [0.717, 1.165) is 11.4 Å². The number of hydrogen-bond donors (Lipinski definition) is 1. The molecule has 2 N–H and O–H groups in total. The molecule has 0 unspecified atom stereocenters. The van der Waals surface area contributed by atoms with Crippen LogP contribution in [0.2, 0.25) is 18.1 Å². The van der Waals surface area contributed by atoms with Gasteiger partial charge >= 0.3 is 0 Å². The Bertz CT molecular complexity index is 816. The summed E-state index contributed by atoms with van der Waals surface area (Å²) in [5, 5.41) is 4.70. The van der Waals surface area contributed by atoms with Gasteiger partial charge in [-0.25, -0.2) is 4.68 Å². The van der Waals surface area contributed by atoms with Crippen LogP contribution in [-0.2, 0) is 11.0 Å². The molecule has 0 spiro atoms. The molecule has 0 aliphatic rings. The van der Waals surface area contributed by atoms with Crippen molar-refractivity contribution < 1.29 is 4.43 Å². The Morgan fingerprint density at radius 1 is 1.27 bits per heavy atom. The van der Waals surface area contributed by atoms with Crippen LogP contribution in [0, 0.1) is 0 Å². The minimum absolute atomic E-state index is 0.0533. The first-order valence-electron chi connectivity index (χ1n) is 9.12. The van der Waals surface area contributed by atoms with Crippen LogP contribution in [0.4, 0.5) is 5.82 Å². The van der Waals surface area contributed by atoms with Gasteiger partial charge in [0.15, 0.2) is 8.32 Å². The zero-order chi connectivity index (χ0) is 19.7. The fourth-order valence-electron chi connectivity index (χ4n) is 2.34. The van der Waals surface area contributed by atoms with E-state index in [1.54, 1.807) is 27.6 Å². The highest BCUT2D eigenvalue weighted by Crippen LogP contribution is 2.36. The average molecular weight is 377 g/mol. The van der Waals surface area contributed by atoms with Crippen LogP contribution in [-0.4, -0.2) is 29.3 Å². The SMILES string of the molecule is CC(C)c1cc(N)n(-c2ccc(=O)n(CCO[Si](C)(C)C(C)(C)C)c2)n1. The third-order valence-electron chi connectivity index (χ3n) is 5.16. The molecule has 0 radical (unpaired) electrons. The van der Waals surface area contributed by atoms with Gasteiger partial charge in [-0.3, -0.25) is 4.79 Å². The molecule has 6 nitrogen and oxygen atoms in total. The summed E-state index contributed by atoms with van der Waals surface area (Å²) in [4.78, 5) is 12.2. The van der Waals surface area contributed by atoms with E-state index in [-0.39, 0.29) is 10.6 Å². The first-order chi connectivity index (χ1) is 11.9. The highest BCUT2D eigenvalue weighted by atomic mass is 28.4. The van der Waals surface area contributed by atoms with Gasteiger partial charge in [-0.2, -0.15) is 5.10 Å². The van der Waals surface area contributed by atoms with Gasteiger partial charge in [-0.05, 0) is 30.1 Å². The maximum absolute atomic E-state index is 12.2. The minimum atomic E-state index is -1.82. The van der Waals surface area contributed by atoms with Crippen molar-refractivity contribution in [2.24, 2.45) is 0 Å². The Morgan fingerprint density at radius 2 is 1.92 bits per heavy atom. The number of nitrogen functional groups attached to an aromatic ring is 1. The molecule has 0 aliphatic heterocycles. The van der Waals surface area contributed by atoms with Gasteiger partial charge in [-0.1, -0.05) is 34.6 Å². The summed E-state index contributed by atoms with van der Waals surface area (Å²) in [6.07, 6.45) is 1.80. The number of pyridine rings is 1. The van der Waals surface area contributed by atoms with Crippen LogP contribution < -0.4 is 11.3 Å². The van der Waals surface area contributed by atoms with Crippen molar-refractivity contribution in [3.8, 4) is 5.69 Å². The Labute approximate surface area is 157 Å². The smallest absolute Gasteiger partial charge is 0.250 e. The predicted molar refractivity (Wildman–Crippen MR) is 109 cm³/mol. The zero-order valence-corrected chi connectivity index (χ0v) is 18.0. The van der Waals surface area contributed by atoms with E-state index < -0.39 is 8.32 Å². The van der Waals surface area contributed by atoms with Crippen molar-refractivity contribution in [2.75, 3.05) is 12.3 Å². The van der Waals surface area contributed by atoms with Crippen LogP contribution in [0.3, 0.4) is 0 Å². The van der Waals surface area contributed by atoms with Crippen LogP contribution in [0.25, 0.3) is 5.69 Å². The normalized spacial score (nSPS) is 12.8. The van der Waals surface area contributed by atoms with Crippen LogP contribution in [0.5, 0.6) is 0 Å². The highest BCUT2D eigenvalue weighted by molar-refractivity contribution is 6.74. The number of nitrogens with zero attached hydrogens (tertiary/aromatic N) is 3. The lowest BCUT2D eigenvalue weighted by Crippen LogP contribution is -2.41. The second kappa shape index (κ2) is 7.40. The Balaban J connectivity index is 2.19. The quantitative estimate of drug-likeness (QED) is 0.779. The summed E-state index contributed by atoms with van der Waals surface area (Å²) < 4.78 is 9.54. The molecule has 0 aromatic carbocycles. The summed E-state index contributed by atoms with van der Waals surface area (Å²) in [6, 6.07) is 5.18. The molecule has 0 bridgehead atoms. The second-order valence-electron chi connectivity index (χ2n) is 8.59. The first kappa shape index (κ1) is 20.4. The van der Waals surface area contributed by atoms with Crippen molar-refractivity contribution in [2.45, 2.75) is 65.2 Å². The number of hydrogen-bond acceptors (Lipinski definition) is 4. The molecule has 2 heterocycles. The Morgan fingerprint density at radius 3 is 2.46 bits per heavy atom. The van der Waals surface area contributed by atoms with Crippen molar-refractivity contribution in [1.29, 1.82) is 0 Å². The molecule has 144 valence electrons. The molecule has 0 aliphatic carbocycles. The van der Waals surface area contributed by atoms with Crippen LogP contribution in [0.1, 0.15) is 46.2 Å². The summed E-state index contributed by atoms with van der Waals surface area (Å²) in [5.74, 6) is 0.860. The summed E-state index contributed by atoms with van der Waals surface area (Å²) in [6.45, 7) is 16.2. The van der Waals surface area contributed by atoms with E-state index in [4.69, 9.17) is 10.2 Å². The van der Waals surface area contributed by atoms with E-state index in [1.165, 1.54) is 0 Å². The highest BCUT2D eigenvalue weighted by Gasteiger charge is 2.36. The van der Waals surface area contributed by atoms with Gasteiger partial charge in [0.1, 0.15) is 5.82 Å². The molecule has 2 aromatic rings. The van der Waals surface area contributed by atoms with Crippen molar-refractivity contribution in [1.82, 2.24) is 14.3 Å². The molecule has 0 saturated heterocycles. The van der Waals surface area contributed by atoms with E-state index in [0.29, 0.717) is 24.9 Å². The number of nitrogens with two attached hydrogens (primary N) is 1. The largest absolute Gasteiger partial charge is 0.415 e. The van der Waals surface area contributed by atoms with E-state index in [2.05, 4.69) is 52.8 Å².